The highest BCUT2D eigenvalue weighted by Gasteiger charge is 2.32. The molecule has 0 unspecified atom stereocenters. The predicted molar refractivity (Wildman–Crippen MR) is 99.2 cm³/mol. The van der Waals surface area contributed by atoms with Gasteiger partial charge in [0.1, 0.15) is 12.1 Å². The molecule has 2 aromatic heterocycles. The number of hydrogen-bond donors (Lipinski definition) is 1. The van der Waals surface area contributed by atoms with E-state index < -0.39 is 6.61 Å². The number of halogens is 2. The normalized spacial score (nSPS) is 17.0. The minimum Gasteiger partial charge on any atom is -0.387 e. The number of carbonyl (C=O) groups excluding carboxylic acids is 1. The number of carbonyl (C=O) groups is 1. The summed E-state index contributed by atoms with van der Waals surface area (Å²) in [6.45, 7) is 2.40. The van der Waals surface area contributed by atoms with Gasteiger partial charge in [-0.3, -0.25) is 14.2 Å². The molecule has 3 heterocycles. The molecule has 1 N–H and O–H groups in total. The Morgan fingerprint density at radius 3 is 2.77 bits per heavy atom. The molecule has 7 nitrogen and oxygen atoms in total. The number of fused-ring (bicyclic) bond motifs is 3. The second kappa shape index (κ2) is 6.26. The lowest BCUT2D eigenvalue weighted by atomic mass is 10.00. The van der Waals surface area contributed by atoms with Gasteiger partial charge in [-0.25, -0.2) is 0 Å². The predicted octanol–water partition coefficient (Wildman–Crippen LogP) is 2.64. The van der Waals surface area contributed by atoms with Crippen LogP contribution in [0.15, 0.2) is 18.3 Å². The maximum absolute atomic E-state index is 12.1. The van der Waals surface area contributed by atoms with Gasteiger partial charge in [0.05, 0.1) is 34.0 Å². The number of nitrogens with zero attached hydrogens (tertiary/aromatic N) is 5. The van der Waals surface area contributed by atoms with Crippen LogP contribution in [0, 0.1) is 0 Å². The summed E-state index contributed by atoms with van der Waals surface area (Å²) in [5.74, 6) is -0.308. The zero-order valence-electron chi connectivity index (χ0n) is 14.3. The summed E-state index contributed by atoms with van der Waals surface area (Å²) in [6.07, 6.45) is 1.85. The van der Waals surface area contributed by atoms with Crippen LogP contribution in [-0.4, -0.2) is 48.6 Å². The molecule has 26 heavy (non-hydrogen) atoms. The molecule has 9 heteroatoms. The Morgan fingerprint density at radius 2 is 2.12 bits per heavy atom. The van der Waals surface area contributed by atoms with Gasteiger partial charge in [0.15, 0.2) is 0 Å². The Kier molecular flexibility index (Phi) is 4.17. The largest absolute Gasteiger partial charge is 0.387 e. The van der Waals surface area contributed by atoms with Crippen LogP contribution in [0.3, 0.4) is 0 Å². The van der Waals surface area contributed by atoms with Crippen LogP contribution in [0.4, 0.5) is 0 Å². The highest BCUT2D eigenvalue weighted by Crippen LogP contribution is 2.42. The van der Waals surface area contributed by atoms with Crippen LogP contribution >= 0.6 is 23.2 Å². The molecule has 0 radical (unpaired) electrons. The van der Waals surface area contributed by atoms with Gasteiger partial charge in [0.25, 0.3) is 0 Å². The summed E-state index contributed by atoms with van der Waals surface area (Å²) < 4.78 is 3.58. The fourth-order valence-corrected chi connectivity index (χ4v) is 3.99. The molecule has 136 valence electrons. The molecule has 1 aliphatic heterocycles. The Balaban J connectivity index is 2.01. The summed E-state index contributed by atoms with van der Waals surface area (Å²) in [5, 5.41) is 20.0. The fourth-order valence-electron chi connectivity index (χ4n) is 3.60. The van der Waals surface area contributed by atoms with E-state index in [0.717, 1.165) is 22.3 Å². The van der Waals surface area contributed by atoms with Crippen molar-refractivity contribution in [2.45, 2.75) is 19.5 Å². The summed E-state index contributed by atoms with van der Waals surface area (Å²) in [7, 11) is 1.84. The van der Waals surface area contributed by atoms with Crippen molar-refractivity contribution in [3.63, 3.8) is 0 Å². The van der Waals surface area contributed by atoms with E-state index in [-0.39, 0.29) is 11.9 Å². The number of aliphatic hydroxyl groups excluding tert-OH is 1. The Morgan fingerprint density at radius 1 is 1.35 bits per heavy atom. The lowest BCUT2D eigenvalue weighted by molar-refractivity contribution is -0.137. The first-order chi connectivity index (χ1) is 12.4. The van der Waals surface area contributed by atoms with E-state index in [1.165, 1.54) is 0 Å². The van der Waals surface area contributed by atoms with Crippen molar-refractivity contribution in [3.05, 3.63) is 34.1 Å². The highest BCUT2D eigenvalue weighted by atomic mass is 35.5. The van der Waals surface area contributed by atoms with Gasteiger partial charge >= 0.3 is 0 Å². The average molecular weight is 394 g/mol. The molecule has 4 rings (SSSR count). The van der Waals surface area contributed by atoms with E-state index in [9.17, 15) is 9.90 Å². The second-order valence-electron chi connectivity index (χ2n) is 6.35. The van der Waals surface area contributed by atoms with Gasteiger partial charge in [0.2, 0.25) is 5.91 Å². The number of aromatic nitrogens is 4. The standard InChI is InChI=1S/C17H17Cl2N5O2/c1-9-17-14-10(12-3-4-22(2)20-12)7-11(18)15(19)16(14)21-24(17)6-5-23(9)13(26)8-25/h3-4,7,9,25H,5-6,8H2,1-2H3/t9-/m1/s1. The zero-order chi connectivity index (χ0) is 18.6. The van der Waals surface area contributed by atoms with Crippen molar-refractivity contribution in [1.29, 1.82) is 0 Å². The van der Waals surface area contributed by atoms with Crippen LogP contribution in [-0.2, 0) is 18.4 Å². The van der Waals surface area contributed by atoms with E-state index >= 15 is 0 Å². The molecule has 0 spiro atoms. The first-order valence-electron chi connectivity index (χ1n) is 8.21. The summed E-state index contributed by atoms with van der Waals surface area (Å²) in [6, 6.07) is 3.43. The van der Waals surface area contributed by atoms with Crippen LogP contribution in [0.1, 0.15) is 18.7 Å². The third-order valence-corrected chi connectivity index (χ3v) is 5.59. The lowest BCUT2D eigenvalue weighted by Gasteiger charge is -2.34. The molecule has 0 saturated carbocycles. The van der Waals surface area contributed by atoms with Crippen LogP contribution in [0.2, 0.25) is 10.0 Å². The third kappa shape index (κ3) is 2.50. The Bertz CT molecular complexity index is 1030. The molecule has 0 saturated heterocycles. The molecule has 1 aliphatic rings. The topological polar surface area (TPSA) is 76.2 Å². The number of hydrogen-bond acceptors (Lipinski definition) is 4. The van der Waals surface area contributed by atoms with Gasteiger partial charge in [-0.2, -0.15) is 10.2 Å². The first-order valence-corrected chi connectivity index (χ1v) is 8.96. The van der Waals surface area contributed by atoms with Gasteiger partial charge in [0, 0.05) is 30.7 Å². The van der Waals surface area contributed by atoms with E-state index in [4.69, 9.17) is 23.2 Å². The van der Waals surface area contributed by atoms with Crippen molar-refractivity contribution < 1.29 is 9.90 Å². The first kappa shape index (κ1) is 17.3. The summed E-state index contributed by atoms with van der Waals surface area (Å²) >= 11 is 12.8. The fraction of sp³-hybridized carbons (Fsp3) is 0.353. The molecule has 1 aromatic carbocycles. The number of benzene rings is 1. The minimum atomic E-state index is -0.518. The molecular formula is C17H17Cl2N5O2. The Labute approximate surface area is 159 Å². The minimum absolute atomic E-state index is 0.256. The maximum Gasteiger partial charge on any atom is 0.248 e. The molecule has 0 aliphatic carbocycles. The third-order valence-electron chi connectivity index (χ3n) is 4.81. The van der Waals surface area contributed by atoms with Crippen molar-refractivity contribution in [2.24, 2.45) is 7.05 Å². The molecule has 0 bridgehead atoms. The quantitative estimate of drug-likeness (QED) is 0.725. The number of aliphatic hydroxyl groups is 1. The lowest BCUT2D eigenvalue weighted by Crippen LogP contribution is -2.42. The molecule has 1 atom stereocenters. The molecule has 1 amide bonds. The summed E-state index contributed by atoms with van der Waals surface area (Å²) in [5.41, 5.74) is 3.04. The van der Waals surface area contributed by atoms with Crippen LogP contribution < -0.4 is 0 Å². The van der Waals surface area contributed by atoms with Crippen molar-refractivity contribution >= 4 is 40.0 Å². The monoisotopic (exact) mass is 393 g/mol. The smallest absolute Gasteiger partial charge is 0.248 e. The summed E-state index contributed by atoms with van der Waals surface area (Å²) in [4.78, 5) is 13.8. The Hall–Kier alpha value is -2.09. The van der Waals surface area contributed by atoms with E-state index in [0.29, 0.717) is 28.7 Å². The van der Waals surface area contributed by atoms with Gasteiger partial charge in [-0.15, -0.1) is 0 Å². The second-order valence-corrected chi connectivity index (χ2v) is 7.13. The van der Waals surface area contributed by atoms with Crippen LogP contribution in [0.25, 0.3) is 22.2 Å². The average Bonchev–Trinajstić information content (AvgIpc) is 3.22. The van der Waals surface area contributed by atoms with E-state index in [1.54, 1.807) is 15.6 Å². The van der Waals surface area contributed by atoms with Crippen molar-refractivity contribution in [3.8, 4) is 11.3 Å². The van der Waals surface area contributed by atoms with Crippen molar-refractivity contribution in [1.82, 2.24) is 24.5 Å². The van der Waals surface area contributed by atoms with E-state index in [2.05, 4.69) is 10.2 Å². The highest BCUT2D eigenvalue weighted by molar-refractivity contribution is 6.45. The van der Waals surface area contributed by atoms with Crippen molar-refractivity contribution in [2.75, 3.05) is 13.2 Å². The number of aryl methyl sites for hydroxylation is 1. The molecule has 0 fully saturated rings. The SMILES string of the molecule is C[C@@H]1c2c3c(-c4ccn(C)n4)cc(Cl)c(Cl)c3nn2CCN1C(=O)CO. The van der Waals surface area contributed by atoms with Gasteiger partial charge in [-0.1, -0.05) is 23.2 Å². The van der Waals surface area contributed by atoms with Gasteiger partial charge in [-0.05, 0) is 19.1 Å². The number of rotatable bonds is 2. The number of amides is 1. The molecule has 3 aromatic rings. The van der Waals surface area contributed by atoms with Crippen LogP contribution in [0.5, 0.6) is 0 Å². The van der Waals surface area contributed by atoms with Gasteiger partial charge < -0.3 is 10.0 Å². The van der Waals surface area contributed by atoms with E-state index in [1.807, 2.05) is 30.9 Å². The maximum atomic E-state index is 12.1. The zero-order valence-corrected chi connectivity index (χ0v) is 15.8. The molecular weight excluding hydrogens is 377 g/mol.